The van der Waals surface area contributed by atoms with E-state index in [9.17, 15) is 4.79 Å². The predicted octanol–water partition coefficient (Wildman–Crippen LogP) is 3.65. The molecule has 0 amide bonds. The van der Waals surface area contributed by atoms with Crippen LogP contribution in [-0.4, -0.2) is 16.2 Å². The Morgan fingerprint density at radius 1 is 1.04 bits per heavy atom. The van der Waals surface area contributed by atoms with Crippen LogP contribution in [-0.2, 0) is 13.0 Å². The maximum absolute atomic E-state index is 12.5. The Bertz CT molecular complexity index is 850. The van der Waals surface area contributed by atoms with Gasteiger partial charge >= 0.3 is 5.69 Å². The molecule has 5 heteroatoms. The number of benzene rings is 2. The maximum atomic E-state index is 12.5. The molecule has 1 heterocycles. The molecule has 0 radical (unpaired) electrons. The number of hydrogen-bond acceptors (Lipinski definition) is 2. The molecule has 0 N–H and O–H groups in total. The average molecular weight is 373 g/mol. The first kappa shape index (κ1) is 15.6. The number of aryl methyl sites for hydroxylation is 2. The molecule has 118 valence electrons. The van der Waals surface area contributed by atoms with Gasteiger partial charge in [-0.3, -0.25) is 9.13 Å². The van der Waals surface area contributed by atoms with Crippen LogP contribution in [0.2, 0.25) is 0 Å². The van der Waals surface area contributed by atoms with Gasteiger partial charge in [0.05, 0.1) is 12.8 Å². The van der Waals surface area contributed by atoms with Gasteiger partial charge in [0.25, 0.3) is 0 Å². The molecule has 0 atom stereocenters. The second-order valence-electron chi connectivity index (χ2n) is 5.18. The third kappa shape index (κ3) is 3.40. The van der Waals surface area contributed by atoms with E-state index in [1.54, 1.807) is 22.4 Å². The number of methoxy groups -OCH3 is 1. The van der Waals surface area contributed by atoms with E-state index in [0.717, 1.165) is 27.9 Å². The van der Waals surface area contributed by atoms with Crippen LogP contribution < -0.4 is 10.4 Å². The largest absolute Gasteiger partial charge is 0.496 e. The van der Waals surface area contributed by atoms with Gasteiger partial charge in [-0.1, -0.05) is 34.1 Å². The molecule has 1 aromatic heterocycles. The molecule has 0 spiro atoms. The van der Waals surface area contributed by atoms with Gasteiger partial charge < -0.3 is 4.74 Å². The molecule has 0 saturated carbocycles. The molecule has 0 unspecified atom stereocenters. The smallest absolute Gasteiger partial charge is 0.332 e. The van der Waals surface area contributed by atoms with Gasteiger partial charge in [-0.15, -0.1) is 0 Å². The van der Waals surface area contributed by atoms with Crippen molar-refractivity contribution in [1.29, 1.82) is 0 Å². The summed E-state index contributed by atoms with van der Waals surface area (Å²) in [4.78, 5) is 12.5. The Labute approximate surface area is 143 Å². The van der Waals surface area contributed by atoms with Gasteiger partial charge in [0.1, 0.15) is 5.75 Å². The van der Waals surface area contributed by atoms with Crippen molar-refractivity contribution in [2.45, 2.75) is 13.0 Å². The molecule has 3 rings (SSSR count). The van der Waals surface area contributed by atoms with E-state index in [0.29, 0.717) is 6.54 Å². The van der Waals surface area contributed by atoms with E-state index in [4.69, 9.17) is 4.74 Å². The van der Waals surface area contributed by atoms with Crippen molar-refractivity contribution in [3.63, 3.8) is 0 Å². The molecule has 0 fully saturated rings. The van der Waals surface area contributed by atoms with Gasteiger partial charge in [0.2, 0.25) is 0 Å². The molecule has 0 bridgehead atoms. The minimum absolute atomic E-state index is 0.0396. The van der Waals surface area contributed by atoms with Crippen molar-refractivity contribution in [2.75, 3.05) is 7.11 Å². The third-order valence-corrected chi connectivity index (χ3v) is 4.30. The Kier molecular flexibility index (Phi) is 4.67. The topological polar surface area (TPSA) is 36.2 Å². The highest BCUT2D eigenvalue weighted by atomic mass is 79.9. The summed E-state index contributed by atoms with van der Waals surface area (Å²) in [6.45, 7) is 0.614. The molecule has 4 nitrogen and oxygen atoms in total. The normalized spacial score (nSPS) is 10.7. The van der Waals surface area contributed by atoms with Gasteiger partial charge in [-0.2, -0.15) is 0 Å². The lowest BCUT2D eigenvalue weighted by Crippen LogP contribution is -2.23. The maximum Gasteiger partial charge on any atom is 0.332 e. The van der Waals surface area contributed by atoms with Crippen molar-refractivity contribution in [3.8, 4) is 11.4 Å². The van der Waals surface area contributed by atoms with Crippen LogP contribution in [0.1, 0.15) is 5.56 Å². The quantitative estimate of drug-likeness (QED) is 0.685. The van der Waals surface area contributed by atoms with Gasteiger partial charge in [-0.05, 0) is 42.3 Å². The highest BCUT2D eigenvalue weighted by Gasteiger charge is 2.07. The number of hydrogen-bond donors (Lipinski definition) is 0. The van der Waals surface area contributed by atoms with Gasteiger partial charge in [0.15, 0.2) is 0 Å². The van der Waals surface area contributed by atoms with Crippen LogP contribution in [0.3, 0.4) is 0 Å². The number of rotatable bonds is 5. The van der Waals surface area contributed by atoms with Gasteiger partial charge in [0, 0.05) is 23.4 Å². The molecular weight excluding hydrogens is 356 g/mol. The summed E-state index contributed by atoms with van der Waals surface area (Å²) in [5.74, 6) is 0.855. The standard InChI is InChI=1S/C18H17BrN2O2/c1-23-17-5-3-2-4-14(17)10-11-20-12-13-21(18(20)22)16-8-6-15(19)7-9-16/h2-9,12-13H,10-11H2,1H3. The van der Waals surface area contributed by atoms with E-state index in [1.165, 1.54) is 0 Å². The molecule has 0 saturated heterocycles. The van der Waals surface area contributed by atoms with Crippen LogP contribution in [0.5, 0.6) is 5.75 Å². The zero-order valence-electron chi connectivity index (χ0n) is 12.8. The zero-order valence-corrected chi connectivity index (χ0v) is 14.4. The van der Waals surface area contributed by atoms with Crippen LogP contribution in [0.15, 0.2) is 70.2 Å². The first-order chi connectivity index (χ1) is 11.2. The minimum Gasteiger partial charge on any atom is -0.496 e. The monoisotopic (exact) mass is 372 g/mol. The number of nitrogens with zero attached hydrogens (tertiary/aromatic N) is 2. The molecule has 23 heavy (non-hydrogen) atoms. The lowest BCUT2D eigenvalue weighted by atomic mass is 10.1. The van der Waals surface area contributed by atoms with E-state index in [2.05, 4.69) is 15.9 Å². The Hall–Kier alpha value is -2.27. The fourth-order valence-corrected chi connectivity index (χ4v) is 2.80. The van der Waals surface area contributed by atoms with E-state index < -0.39 is 0 Å². The number of halogens is 1. The SMILES string of the molecule is COc1ccccc1CCn1ccn(-c2ccc(Br)cc2)c1=O. The van der Waals surface area contributed by atoms with Crippen molar-refractivity contribution in [3.05, 3.63) is 81.4 Å². The van der Waals surface area contributed by atoms with Crippen LogP contribution in [0.25, 0.3) is 5.69 Å². The second-order valence-corrected chi connectivity index (χ2v) is 6.10. The minimum atomic E-state index is -0.0396. The first-order valence-corrected chi connectivity index (χ1v) is 8.14. The Morgan fingerprint density at radius 3 is 2.52 bits per heavy atom. The molecule has 0 aliphatic carbocycles. The van der Waals surface area contributed by atoms with Gasteiger partial charge in [-0.25, -0.2) is 4.79 Å². The summed E-state index contributed by atoms with van der Waals surface area (Å²) in [6, 6.07) is 15.6. The van der Waals surface area contributed by atoms with E-state index >= 15 is 0 Å². The van der Waals surface area contributed by atoms with Crippen LogP contribution >= 0.6 is 15.9 Å². The zero-order chi connectivity index (χ0) is 16.2. The number of para-hydroxylation sites is 1. The Balaban J connectivity index is 1.80. The first-order valence-electron chi connectivity index (χ1n) is 7.34. The lowest BCUT2D eigenvalue weighted by molar-refractivity contribution is 0.408. The fraction of sp³-hybridized carbons (Fsp3) is 0.167. The Morgan fingerprint density at radius 2 is 1.78 bits per heavy atom. The highest BCUT2D eigenvalue weighted by molar-refractivity contribution is 9.10. The molecule has 2 aromatic carbocycles. The lowest BCUT2D eigenvalue weighted by Gasteiger charge is -2.08. The summed E-state index contributed by atoms with van der Waals surface area (Å²) in [7, 11) is 1.66. The molecule has 0 aliphatic heterocycles. The predicted molar refractivity (Wildman–Crippen MR) is 94.4 cm³/mol. The number of ether oxygens (including phenoxy) is 1. The van der Waals surface area contributed by atoms with Crippen molar-refractivity contribution < 1.29 is 4.74 Å². The van der Waals surface area contributed by atoms with E-state index in [1.807, 2.05) is 54.7 Å². The average Bonchev–Trinajstić information content (AvgIpc) is 2.95. The van der Waals surface area contributed by atoms with E-state index in [-0.39, 0.29) is 5.69 Å². The summed E-state index contributed by atoms with van der Waals surface area (Å²) in [5.41, 5.74) is 1.91. The third-order valence-electron chi connectivity index (χ3n) is 3.77. The number of imidazole rings is 1. The summed E-state index contributed by atoms with van der Waals surface area (Å²) in [5, 5.41) is 0. The summed E-state index contributed by atoms with van der Waals surface area (Å²) >= 11 is 3.40. The van der Waals surface area contributed by atoms with Crippen molar-refractivity contribution in [1.82, 2.24) is 9.13 Å². The second kappa shape index (κ2) is 6.87. The fourth-order valence-electron chi connectivity index (χ4n) is 2.53. The van der Waals surface area contributed by atoms with Crippen molar-refractivity contribution in [2.24, 2.45) is 0 Å². The molecule has 0 aliphatic rings. The van der Waals surface area contributed by atoms with Crippen LogP contribution in [0.4, 0.5) is 0 Å². The number of aromatic nitrogens is 2. The summed E-state index contributed by atoms with van der Waals surface area (Å²) < 4.78 is 9.71. The molecular formula is C18H17BrN2O2. The summed E-state index contributed by atoms with van der Waals surface area (Å²) in [6.07, 6.45) is 4.36. The van der Waals surface area contributed by atoms with Crippen LogP contribution in [0, 0.1) is 0 Å². The highest BCUT2D eigenvalue weighted by Crippen LogP contribution is 2.18. The molecule has 3 aromatic rings. The van der Waals surface area contributed by atoms with Crippen molar-refractivity contribution >= 4 is 15.9 Å².